The van der Waals surface area contributed by atoms with Gasteiger partial charge in [-0.1, -0.05) is 12.1 Å². The van der Waals surface area contributed by atoms with Crippen LogP contribution in [0.1, 0.15) is 30.6 Å². The summed E-state index contributed by atoms with van der Waals surface area (Å²) in [6.45, 7) is 6.25. The van der Waals surface area contributed by atoms with Gasteiger partial charge in [0.1, 0.15) is 0 Å². The van der Waals surface area contributed by atoms with Crippen LogP contribution in [0.4, 0.5) is 5.69 Å². The number of anilines is 1. The second-order valence-corrected chi connectivity index (χ2v) is 5.15. The van der Waals surface area contributed by atoms with Crippen LogP contribution in [0.2, 0.25) is 0 Å². The van der Waals surface area contributed by atoms with Gasteiger partial charge in [-0.2, -0.15) is 0 Å². The number of benzene rings is 1. The van der Waals surface area contributed by atoms with Crippen molar-refractivity contribution in [3.63, 3.8) is 0 Å². The summed E-state index contributed by atoms with van der Waals surface area (Å²) in [5.74, 6) is -0.270. The van der Waals surface area contributed by atoms with E-state index in [0.29, 0.717) is 17.6 Å². The first kappa shape index (κ1) is 13.9. The zero-order valence-corrected chi connectivity index (χ0v) is 11.8. The molecule has 0 spiro atoms. The lowest BCUT2D eigenvalue weighted by Gasteiger charge is -2.30. The van der Waals surface area contributed by atoms with Gasteiger partial charge in [-0.25, -0.2) is 4.79 Å². The number of ether oxygens (including phenoxy) is 1. The maximum atomic E-state index is 11.9. The molecule has 0 saturated carbocycles. The summed E-state index contributed by atoms with van der Waals surface area (Å²) in [4.78, 5) is 14.2. The molecule has 1 aliphatic heterocycles. The summed E-state index contributed by atoms with van der Waals surface area (Å²) in [5.41, 5.74) is 1.61. The van der Waals surface area contributed by atoms with Crippen LogP contribution >= 0.6 is 0 Å². The van der Waals surface area contributed by atoms with Crippen LogP contribution < -0.4 is 10.2 Å². The number of nitrogens with zero attached hydrogens (tertiary/aromatic N) is 1. The predicted molar refractivity (Wildman–Crippen MR) is 76.7 cm³/mol. The van der Waals surface area contributed by atoms with Gasteiger partial charge in [0.2, 0.25) is 0 Å². The molecule has 104 valence electrons. The van der Waals surface area contributed by atoms with Crippen molar-refractivity contribution in [1.29, 1.82) is 0 Å². The molecule has 1 aromatic rings. The molecule has 19 heavy (non-hydrogen) atoms. The van der Waals surface area contributed by atoms with Crippen LogP contribution in [0.25, 0.3) is 0 Å². The second kappa shape index (κ2) is 6.06. The molecule has 0 aromatic heterocycles. The van der Waals surface area contributed by atoms with Crippen molar-refractivity contribution in [3.05, 3.63) is 29.8 Å². The molecule has 4 heteroatoms. The summed E-state index contributed by atoms with van der Waals surface area (Å²) in [7, 11) is 1.43. The first-order chi connectivity index (χ1) is 9.13. The largest absolute Gasteiger partial charge is 0.465 e. The lowest BCUT2D eigenvalue weighted by Crippen LogP contribution is -2.38. The van der Waals surface area contributed by atoms with E-state index in [1.165, 1.54) is 7.11 Å². The van der Waals surface area contributed by atoms with Crippen LogP contribution in [0.5, 0.6) is 0 Å². The molecule has 2 rings (SSSR count). The number of methoxy groups -OCH3 is 1. The average molecular weight is 262 g/mol. The molecular formula is C15H22N2O2. The summed E-state index contributed by atoms with van der Waals surface area (Å²) in [6.07, 6.45) is 1.07. The van der Waals surface area contributed by atoms with E-state index in [4.69, 9.17) is 4.74 Å². The Balaban J connectivity index is 2.32. The molecule has 1 saturated heterocycles. The summed E-state index contributed by atoms with van der Waals surface area (Å²) < 4.78 is 4.87. The van der Waals surface area contributed by atoms with Crippen molar-refractivity contribution in [2.75, 3.05) is 25.1 Å². The highest BCUT2D eigenvalue weighted by Gasteiger charge is 2.23. The van der Waals surface area contributed by atoms with Gasteiger partial charge in [-0.05, 0) is 32.4 Å². The Kier molecular flexibility index (Phi) is 4.43. The lowest BCUT2D eigenvalue weighted by molar-refractivity contribution is 0.0601. The molecule has 4 nitrogen and oxygen atoms in total. The van der Waals surface area contributed by atoms with E-state index in [0.717, 1.165) is 25.2 Å². The molecule has 0 aliphatic carbocycles. The number of nitrogens with one attached hydrogen (secondary N) is 1. The zero-order chi connectivity index (χ0) is 13.8. The Bertz CT molecular complexity index is 448. The molecule has 1 N–H and O–H groups in total. The van der Waals surface area contributed by atoms with Gasteiger partial charge >= 0.3 is 5.97 Å². The second-order valence-electron chi connectivity index (χ2n) is 5.15. The number of esters is 1. The van der Waals surface area contributed by atoms with Crippen molar-refractivity contribution >= 4 is 11.7 Å². The molecule has 1 heterocycles. The minimum atomic E-state index is -0.270. The highest BCUT2D eigenvalue weighted by molar-refractivity contribution is 5.95. The number of hydrogen-bond donors (Lipinski definition) is 1. The number of carbonyl (C=O) groups is 1. The highest BCUT2D eigenvalue weighted by atomic mass is 16.5. The minimum absolute atomic E-state index is 0.270. The van der Waals surface area contributed by atoms with Gasteiger partial charge in [-0.3, -0.25) is 0 Å². The first-order valence-electron chi connectivity index (χ1n) is 6.81. The van der Waals surface area contributed by atoms with E-state index in [9.17, 15) is 4.79 Å². The molecule has 0 bridgehead atoms. The average Bonchev–Trinajstić information content (AvgIpc) is 2.60. The third kappa shape index (κ3) is 3.07. The maximum absolute atomic E-state index is 11.9. The van der Waals surface area contributed by atoms with Gasteiger partial charge in [0.15, 0.2) is 0 Å². The fourth-order valence-electron chi connectivity index (χ4n) is 2.50. The van der Waals surface area contributed by atoms with Crippen LogP contribution in [-0.4, -0.2) is 38.3 Å². The fraction of sp³-hybridized carbons (Fsp3) is 0.533. The standard InChI is InChI=1S/C15H22N2O2/c1-11-8-9-17(12(2)10-16-11)14-7-5-4-6-13(14)15(18)19-3/h4-7,11-12,16H,8-10H2,1-3H3. The van der Waals surface area contributed by atoms with Crippen molar-refractivity contribution < 1.29 is 9.53 Å². The maximum Gasteiger partial charge on any atom is 0.339 e. The minimum Gasteiger partial charge on any atom is -0.465 e. The third-order valence-corrected chi connectivity index (χ3v) is 3.72. The van der Waals surface area contributed by atoms with E-state index in [1.807, 2.05) is 24.3 Å². The van der Waals surface area contributed by atoms with Gasteiger partial charge in [0.05, 0.1) is 18.4 Å². The summed E-state index contributed by atoms with van der Waals surface area (Å²) >= 11 is 0. The van der Waals surface area contributed by atoms with Crippen molar-refractivity contribution in [1.82, 2.24) is 5.32 Å². The zero-order valence-electron chi connectivity index (χ0n) is 11.8. The lowest BCUT2D eigenvalue weighted by atomic mass is 10.1. The summed E-state index contributed by atoms with van der Waals surface area (Å²) in [5, 5.41) is 3.50. The van der Waals surface area contributed by atoms with E-state index < -0.39 is 0 Å². The Morgan fingerprint density at radius 2 is 2.11 bits per heavy atom. The first-order valence-corrected chi connectivity index (χ1v) is 6.81. The molecule has 1 aromatic carbocycles. The number of para-hydroxylation sites is 1. The fourth-order valence-corrected chi connectivity index (χ4v) is 2.50. The monoisotopic (exact) mass is 262 g/mol. The van der Waals surface area contributed by atoms with Crippen LogP contribution in [0.15, 0.2) is 24.3 Å². The summed E-state index contributed by atoms with van der Waals surface area (Å²) in [6, 6.07) is 8.54. The van der Waals surface area contributed by atoms with Crippen LogP contribution in [0, 0.1) is 0 Å². The molecule has 1 aliphatic rings. The Labute approximate surface area is 114 Å². The highest BCUT2D eigenvalue weighted by Crippen LogP contribution is 2.24. The predicted octanol–water partition coefficient (Wildman–Crippen LogP) is 2.05. The van der Waals surface area contributed by atoms with E-state index in [2.05, 4.69) is 24.1 Å². The Hall–Kier alpha value is -1.55. The normalized spacial score (nSPS) is 23.8. The van der Waals surface area contributed by atoms with Gasteiger partial charge in [0, 0.05) is 25.2 Å². The number of rotatable bonds is 2. The number of hydrogen-bond acceptors (Lipinski definition) is 4. The van der Waals surface area contributed by atoms with Crippen molar-refractivity contribution in [3.8, 4) is 0 Å². The van der Waals surface area contributed by atoms with Crippen molar-refractivity contribution in [2.45, 2.75) is 32.4 Å². The smallest absolute Gasteiger partial charge is 0.339 e. The molecule has 0 amide bonds. The topological polar surface area (TPSA) is 41.6 Å². The van der Waals surface area contributed by atoms with Crippen LogP contribution in [0.3, 0.4) is 0 Å². The van der Waals surface area contributed by atoms with E-state index in [1.54, 1.807) is 0 Å². The number of carbonyl (C=O) groups excluding carboxylic acids is 1. The van der Waals surface area contributed by atoms with Crippen LogP contribution in [-0.2, 0) is 4.74 Å². The van der Waals surface area contributed by atoms with E-state index >= 15 is 0 Å². The molecule has 2 unspecified atom stereocenters. The molecular weight excluding hydrogens is 240 g/mol. The quantitative estimate of drug-likeness (QED) is 0.828. The van der Waals surface area contributed by atoms with Crippen molar-refractivity contribution in [2.24, 2.45) is 0 Å². The SMILES string of the molecule is COC(=O)c1ccccc1N1CCC(C)NCC1C. The molecule has 1 fully saturated rings. The van der Waals surface area contributed by atoms with E-state index in [-0.39, 0.29) is 5.97 Å². The van der Waals surface area contributed by atoms with Gasteiger partial charge in [-0.15, -0.1) is 0 Å². The van der Waals surface area contributed by atoms with Gasteiger partial charge in [0.25, 0.3) is 0 Å². The molecule has 2 atom stereocenters. The Morgan fingerprint density at radius 1 is 1.37 bits per heavy atom. The third-order valence-electron chi connectivity index (χ3n) is 3.72. The molecule has 0 radical (unpaired) electrons. The Morgan fingerprint density at radius 3 is 2.84 bits per heavy atom. The van der Waals surface area contributed by atoms with Gasteiger partial charge < -0.3 is 15.0 Å².